The molecule has 0 spiro atoms. The molecule has 1 N–H and O–H groups in total. The topological polar surface area (TPSA) is 37.9 Å². The summed E-state index contributed by atoms with van der Waals surface area (Å²) in [5, 5.41) is 0.573. The smallest absolute Gasteiger partial charge is 0.145 e. The highest BCUT2D eigenvalue weighted by Gasteiger charge is 2.08. The van der Waals surface area contributed by atoms with Gasteiger partial charge in [0, 0.05) is 17.9 Å². The van der Waals surface area contributed by atoms with Crippen molar-refractivity contribution in [2.24, 2.45) is 0 Å². The third-order valence-corrected chi connectivity index (χ3v) is 2.67. The average Bonchev–Trinajstić information content (AvgIpc) is 2.28. The van der Waals surface area contributed by atoms with Crippen molar-refractivity contribution in [1.82, 2.24) is 9.97 Å². The molecule has 0 bridgehead atoms. The van der Waals surface area contributed by atoms with E-state index in [0.29, 0.717) is 21.3 Å². The highest BCUT2D eigenvalue weighted by molar-refractivity contribution is 7.71. The number of methoxy groups -OCH3 is 1. The van der Waals surface area contributed by atoms with Gasteiger partial charge in [0.2, 0.25) is 0 Å². The average molecular weight is 238 g/mol. The van der Waals surface area contributed by atoms with Crippen molar-refractivity contribution >= 4 is 23.1 Å². The van der Waals surface area contributed by atoms with Gasteiger partial charge in [-0.15, -0.1) is 0 Å². The molecule has 84 valence electrons. The minimum Gasteiger partial charge on any atom is -0.494 e. The monoisotopic (exact) mass is 238 g/mol. The molecule has 2 rings (SSSR count). The third-order valence-electron chi connectivity index (χ3n) is 2.36. The number of rotatable bonds is 2. The van der Waals surface area contributed by atoms with Gasteiger partial charge >= 0.3 is 0 Å². The third kappa shape index (κ3) is 1.78. The molecule has 0 saturated carbocycles. The Balaban J connectivity index is 2.89. The molecule has 1 aromatic heterocycles. The van der Waals surface area contributed by atoms with Crippen molar-refractivity contribution in [1.29, 1.82) is 0 Å². The number of nitrogens with zero attached hydrogens (tertiary/aromatic N) is 1. The summed E-state index contributed by atoms with van der Waals surface area (Å²) in [7, 11) is 1.50. The first-order chi connectivity index (χ1) is 7.65. The molecule has 0 radical (unpaired) electrons. The van der Waals surface area contributed by atoms with Crippen LogP contribution in [0.4, 0.5) is 4.39 Å². The van der Waals surface area contributed by atoms with Gasteiger partial charge in [0.25, 0.3) is 0 Å². The van der Waals surface area contributed by atoms with E-state index in [-0.39, 0.29) is 5.82 Å². The van der Waals surface area contributed by atoms with E-state index in [1.54, 1.807) is 0 Å². The van der Waals surface area contributed by atoms with Gasteiger partial charge < -0.3 is 9.72 Å². The van der Waals surface area contributed by atoms with Crippen molar-refractivity contribution < 1.29 is 9.13 Å². The Kier molecular flexibility index (Phi) is 2.87. The van der Waals surface area contributed by atoms with Crippen LogP contribution in [0.3, 0.4) is 0 Å². The Hall–Kier alpha value is -1.49. The van der Waals surface area contributed by atoms with Crippen LogP contribution in [0.5, 0.6) is 5.75 Å². The molecule has 5 heteroatoms. The van der Waals surface area contributed by atoms with Crippen LogP contribution in [0.15, 0.2) is 12.1 Å². The quantitative estimate of drug-likeness (QED) is 0.817. The van der Waals surface area contributed by atoms with Crippen LogP contribution < -0.4 is 4.74 Å². The highest BCUT2D eigenvalue weighted by atomic mass is 32.1. The maximum atomic E-state index is 13.3. The number of nitrogens with one attached hydrogen (secondary N) is 1. The lowest BCUT2D eigenvalue weighted by molar-refractivity contribution is 0.415. The first-order valence-corrected chi connectivity index (χ1v) is 5.33. The lowest BCUT2D eigenvalue weighted by atomic mass is 10.2. The number of aryl methyl sites for hydroxylation is 1. The number of H-pyrrole nitrogens is 1. The SMILES string of the molecule is CCc1nc(=S)c2cc(F)cc(OC)c2[nH]1. The van der Waals surface area contributed by atoms with Crippen molar-refractivity contribution in [2.45, 2.75) is 13.3 Å². The summed E-state index contributed by atoms with van der Waals surface area (Å²) in [6, 6.07) is 2.69. The number of aromatic amines is 1. The summed E-state index contributed by atoms with van der Waals surface area (Å²) < 4.78 is 18.8. The second-order valence-electron chi connectivity index (χ2n) is 3.37. The fraction of sp³-hybridized carbons (Fsp3) is 0.273. The molecular formula is C11H11FN2OS. The van der Waals surface area contributed by atoms with E-state index in [9.17, 15) is 4.39 Å². The highest BCUT2D eigenvalue weighted by Crippen LogP contribution is 2.25. The minimum atomic E-state index is -0.380. The van der Waals surface area contributed by atoms with Gasteiger partial charge in [0.1, 0.15) is 22.0 Å². The zero-order valence-corrected chi connectivity index (χ0v) is 9.82. The standard InChI is InChI=1S/C11H11FN2OS/c1-3-9-13-10-7(11(16)14-9)4-6(12)5-8(10)15-2/h4-5H,3H2,1-2H3,(H,13,14,16). The zero-order chi connectivity index (χ0) is 11.7. The van der Waals surface area contributed by atoms with Crippen LogP contribution in [-0.2, 0) is 6.42 Å². The van der Waals surface area contributed by atoms with Gasteiger partial charge in [-0.05, 0) is 6.07 Å². The normalized spacial score (nSPS) is 10.7. The number of hydrogen-bond acceptors (Lipinski definition) is 3. The van der Waals surface area contributed by atoms with E-state index in [0.717, 1.165) is 12.2 Å². The summed E-state index contributed by atoms with van der Waals surface area (Å²) >= 11 is 5.12. The number of fused-ring (bicyclic) bond motifs is 1. The van der Waals surface area contributed by atoms with Crippen LogP contribution in [0.1, 0.15) is 12.7 Å². The molecule has 3 nitrogen and oxygen atoms in total. The van der Waals surface area contributed by atoms with E-state index in [1.165, 1.54) is 19.2 Å². The number of halogens is 1. The summed E-state index contributed by atoms with van der Waals surface area (Å²) in [4.78, 5) is 7.27. The van der Waals surface area contributed by atoms with E-state index < -0.39 is 0 Å². The molecule has 16 heavy (non-hydrogen) atoms. The molecule has 0 fully saturated rings. The van der Waals surface area contributed by atoms with Crippen molar-refractivity contribution in [2.75, 3.05) is 7.11 Å². The van der Waals surface area contributed by atoms with Crippen molar-refractivity contribution in [3.05, 3.63) is 28.4 Å². The molecule has 0 saturated heterocycles. The van der Waals surface area contributed by atoms with E-state index >= 15 is 0 Å². The predicted molar refractivity (Wildman–Crippen MR) is 62.8 cm³/mol. The number of hydrogen-bond donors (Lipinski definition) is 1. The Morgan fingerprint density at radius 2 is 2.25 bits per heavy atom. The van der Waals surface area contributed by atoms with Crippen LogP contribution in [-0.4, -0.2) is 17.1 Å². The summed E-state index contributed by atoms with van der Waals surface area (Å²) in [5.74, 6) is 0.829. The Bertz CT molecular complexity index is 594. The fourth-order valence-electron chi connectivity index (χ4n) is 1.56. The minimum absolute atomic E-state index is 0.380. The number of benzene rings is 1. The summed E-state index contributed by atoms with van der Waals surface area (Å²) in [6.07, 6.45) is 0.736. The van der Waals surface area contributed by atoms with E-state index in [2.05, 4.69) is 9.97 Å². The molecule has 0 aliphatic carbocycles. The summed E-state index contributed by atoms with van der Waals surface area (Å²) in [5.41, 5.74) is 0.695. The maximum Gasteiger partial charge on any atom is 0.145 e. The van der Waals surface area contributed by atoms with Gasteiger partial charge in [0.05, 0.1) is 12.6 Å². The Labute approximate surface area is 97.3 Å². The van der Waals surface area contributed by atoms with Gasteiger partial charge in [-0.3, -0.25) is 0 Å². The first kappa shape index (κ1) is 11.0. The van der Waals surface area contributed by atoms with Crippen molar-refractivity contribution in [3.8, 4) is 5.75 Å². The largest absolute Gasteiger partial charge is 0.494 e. The molecule has 0 amide bonds. The Morgan fingerprint density at radius 1 is 1.50 bits per heavy atom. The molecule has 2 aromatic rings. The number of ether oxygens (including phenoxy) is 1. The molecule has 0 aliphatic rings. The van der Waals surface area contributed by atoms with Gasteiger partial charge in [-0.25, -0.2) is 9.37 Å². The molecular weight excluding hydrogens is 227 g/mol. The van der Waals surface area contributed by atoms with Gasteiger partial charge in [-0.2, -0.15) is 0 Å². The molecule has 0 unspecified atom stereocenters. The van der Waals surface area contributed by atoms with Gasteiger partial charge in [0.15, 0.2) is 0 Å². The first-order valence-electron chi connectivity index (χ1n) is 4.92. The second-order valence-corrected chi connectivity index (χ2v) is 3.76. The maximum absolute atomic E-state index is 13.3. The van der Waals surface area contributed by atoms with Crippen LogP contribution in [0.25, 0.3) is 10.9 Å². The molecule has 0 atom stereocenters. The van der Waals surface area contributed by atoms with E-state index in [1.807, 2.05) is 6.92 Å². The zero-order valence-electron chi connectivity index (χ0n) is 9.00. The van der Waals surface area contributed by atoms with E-state index in [4.69, 9.17) is 17.0 Å². The number of aromatic nitrogens is 2. The van der Waals surface area contributed by atoms with Gasteiger partial charge in [-0.1, -0.05) is 19.1 Å². The van der Waals surface area contributed by atoms with Crippen LogP contribution in [0.2, 0.25) is 0 Å². The molecule has 1 heterocycles. The van der Waals surface area contributed by atoms with Crippen LogP contribution >= 0.6 is 12.2 Å². The summed E-state index contributed by atoms with van der Waals surface area (Å²) in [6.45, 7) is 1.97. The second kappa shape index (κ2) is 4.17. The Morgan fingerprint density at radius 3 is 2.88 bits per heavy atom. The molecule has 1 aromatic carbocycles. The lowest BCUT2D eigenvalue weighted by Crippen LogP contribution is -1.97. The fourth-order valence-corrected chi connectivity index (χ4v) is 1.83. The van der Waals surface area contributed by atoms with Crippen molar-refractivity contribution in [3.63, 3.8) is 0 Å². The predicted octanol–water partition coefficient (Wildman–Crippen LogP) is 3.00. The molecule has 0 aliphatic heterocycles. The van der Waals surface area contributed by atoms with Crippen LogP contribution in [0, 0.1) is 10.5 Å². The lowest BCUT2D eigenvalue weighted by Gasteiger charge is -2.07.